The first kappa shape index (κ1) is 21.4. The van der Waals surface area contributed by atoms with Crippen molar-refractivity contribution in [2.75, 3.05) is 41.4 Å². The lowest BCUT2D eigenvalue weighted by Crippen LogP contribution is -2.40. The molecule has 1 aromatic heterocycles. The number of aromatic nitrogens is 1. The second-order valence-corrected chi connectivity index (χ2v) is 6.57. The van der Waals surface area contributed by atoms with E-state index in [1.54, 1.807) is 36.5 Å². The van der Waals surface area contributed by atoms with Gasteiger partial charge in [0.1, 0.15) is 5.75 Å². The molecule has 1 unspecified atom stereocenters. The minimum absolute atomic E-state index is 0.0469. The van der Waals surface area contributed by atoms with Gasteiger partial charge in [0, 0.05) is 31.0 Å². The molecular formula is C21H27N3O4. The summed E-state index contributed by atoms with van der Waals surface area (Å²) in [5.41, 5.74) is 1.59. The second kappa shape index (κ2) is 10.4. The Morgan fingerprint density at radius 3 is 2.21 bits per heavy atom. The van der Waals surface area contributed by atoms with E-state index in [0.717, 1.165) is 11.3 Å². The van der Waals surface area contributed by atoms with E-state index in [0.29, 0.717) is 12.1 Å². The molecule has 28 heavy (non-hydrogen) atoms. The zero-order valence-corrected chi connectivity index (χ0v) is 16.8. The van der Waals surface area contributed by atoms with Gasteiger partial charge in [-0.05, 0) is 43.9 Å². The van der Waals surface area contributed by atoms with Gasteiger partial charge in [-0.2, -0.15) is 0 Å². The fourth-order valence-electron chi connectivity index (χ4n) is 2.88. The van der Waals surface area contributed by atoms with E-state index in [9.17, 15) is 9.59 Å². The maximum absolute atomic E-state index is 13.0. The fraction of sp³-hybridized carbons (Fsp3) is 0.381. The van der Waals surface area contributed by atoms with Gasteiger partial charge in [-0.1, -0.05) is 12.1 Å². The highest BCUT2D eigenvalue weighted by Crippen LogP contribution is 2.23. The number of ether oxygens (including phenoxy) is 2. The minimum Gasteiger partial charge on any atom is -0.497 e. The molecule has 0 bridgehead atoms. The summed E-state index contributed by atoms with van der Waals surface area (Å²) in [6, 6.07) is 11.1. The lowest BCUT2D eigenvalue weighted by molar-refractivity contribution is -0.140. The molecule has 0 saturated carbocycles. The van der Waals surface area contributed by atoms with Crippen molar-refractivity contribution < 1.29 is 19.1 Å². The van der Waals surface area contributed by atoms with Crippen LogP contribution < -0.4 is 4.74 Å². The number of likely N-dealkylation sites (N-methyl/N-ethyl adjacent to an activating group) is 1. The van der Waals surface area contributed by atoms with Crippen LogP contribution in [-0.2, 0) is 9.53 Å². The van der Waals surface area contributed by atoms with Crippen LogP contribution in [0.25, 0.3) is 0 Å². The number of hydrogen-bond acceptors (Lipinski definition) is 6. The van der Waals surface area contributed by atoms with Crippen molar-refractivity contribution in [3.63, 3.8) is 0 Å². The molecule has 7 heteroatoms. The highest BCUT2D eigenvalue weighted by Gasteiger charge is 2.23. The summed E-state index contributed by atoms with van der Waals surface area (Å²) in [6.07, 6.45) is 3.30. The summed E-state index contributed by atoms with van der Waals surface area (Å²) >= 11 is 0. The first-order chi connectivity index (χ1) is 13.5. The summed E-state index contributed by atoms with van der Waals surface area (Å²) in [6.45, 7) is 0.700. The molecule has 0 N–H and O–H groups in total. The van der Waals surface area contributed by atoms with Crippen molar-refractivity contribution in [1.29, 1.82) is 0 Å². The average molecular weight is 385 g/mol. The third kappa shape index (κ3) is 5.79. The molecule has 2 aromatic rings. The Morgan fingerprint density at radius 2 is 1.68 bits per heavy atom. The summed E-state index contributed by atoms with van der Waals surface area (Å²) in [5.74, 6) is 0.279. The van der Waals surface area contributed by atoms with Crippen LogP contribution >= 0.6 is 0 Å². The Kier molecular flexibility index (Phi) is 7.95. The van der Waals surface area contributed by atoms with Crippen LogP contribution in [0.2, 0.25) is 0 Å². The van der Waals surface area contributed by atoms with Crippen molar-refractivity contribution in [1.82, 2.24) is 14.8 Å². The molecule has 2 rings (SSSR count). The molecule has 7 nitrogen and oxygen atoms in total. The number of carbonyl (C=O) groups is 2. The van der Waals surface area contributed by atoms with Gasteiger partial charge in [0.05, 0.1) is 26.7 Å². The Hall–Kier alpha value is -2.93. The van der Waals surface area contributed by atoms with Gasteiger partial charge in [0.15, 0.2) is 0 Å². The quantitative estimate of drug-likeness (QED) is 0.617. The van der Waals surface area contributed by atoms with Gasteiger partial charge < -0.3 is 19.3 Å². The molecule has 1 atom stereocenters. The molecule has 0 radical (unpaired) electrons. The van der Waals surface area contributed by atoms with Gasteiger partial charge in [0.2, 0.25) is 0 Å². The Bertz CT molecular complexity index is 763. The summed E-state index contributed by atoms with van der Waals surface area (Å²) < 4.78 is 9.97. The standard InChI is InChI=1S/C21H27N3O4/c1-23(2)19(16-5-7-18(27-3)8-6-16)15-24(14-11-20(25)28-4)21(26)17-9-12-22-13-10-17/h5-10,12-13,19H,11,14-15H2,1-4H3. The SMILES string of the molecule is COC(=O)CCN(CC(c1ccc(OC)cc1)N(C)C)C(=O)c1ccncc1. The van der Waals surface area contributed by atoms with Crippen LogP contribution in [0.3, 0.4) is 0 Å². The lowest BCUT2D eigenvalue weighted by atomic mass is 10.0. The molecular weight excluding hydrogens is 358 g/mol. The molecule has 1 aromatic carbocycles. The van der Waals surface area contributed by atoms with Crippen LogP contribution in [0.4, 0.5) is 0 Å². The van der Waals surface area contributed by atoms with Crippen LogP contribution in [0, 0.1) is 0 Å². The number of benzene rings is 1. The van der Waals surface area contributed by atoms with E-state index in [1.807, 2.05) is 43.3 Å². The van der Waals surface area contributed by atoms with Gasteiger partial charge >= 0.3 is 5.97 Å². The number of rotatable bonds is 9. The molecule has 0 aliphatic heterocycles. The van der Waals surface area contributed by atoms with Gasteiger partial charge in [-0.25, -0.2) is 0 Å². The highest BCUT2D eigenvalue weighted by atomic mass is 16.5. The number of carbonyl (C=O) groups excluding carboxylic acids is 2. The largest absolute Gasteiger partial charge is 0.497 e. The number of esters is 1. The normalized spacial score (nSPS) is 11.8. The van der Waals surface area contributed by atoms with E-state index >= 15 is 0 Å². The van der Waals surface area contributed by atoms with Gasteiger partial charge in [-0.3, -0.25) is 14.6 Å². The van der Waals surface area contributed by atoms with Crippen molar-refractivity contribution in [2.24, 2.45) is 0 Å². The first-order valence-corrected chi connectivity index (χ1v) is 9.02. The number of methoxy groups -OCH3 is 2. The Balaban J connectivity index is 2.25. The van der Waals surface area contributed by atoms with Crippen LogP contribution in [0.5, 0.6) is 5.75 Å². The van der Waals surface area contributed by atoms with Crippen LogP contribution in [0.1, 0.15) is 28.4 Å². The number of hydrogen-bond donors (Lipinski definition) is 0. The van der Waals surface area contributed by atoms with Crippen molar-refractivity contribution >= 4 is 11.9 Å². The van der Waals surface area contributed by atoms with E-state index < -0.39 is 0 Å². The summed E-state index contributed by atoms with van der Waals surface area (Å²) in [4.78, 5) is 32.4. The minimum atomic E-state index is -0.349. The third-order valence-corrected chi connectivity index (χ3v) is 4.55. The maximum atomic E-state index is 13.0. The van der Waals surface area contributed by atoms with E-state index in [-0.39, 0.29) is 30.9 Å². The van der Waals surface area contributed by atoms with E-state index in [1.165, 1.54) is 7.11 Å². The molecule has 0 aliphatic carbocycles. The molecule has 150 valence electrons. The molecule has 0 aliphatic rings. The molecule has 1 heterocycles. The van der Waals surface area contributed by atoms with Gasteiger partial charge in [0.25, 0.3) is 5.91 Å². The van der Waals surface area contributed by atoms with Crippen molar-refractivity contribution in [3.8, 4) is 5.75 Å². The first-order valence-electron chi connectivity index (χ1n) is 9.02. The number of pyridine rings is 1. The van der Waals surface area contributed by atoms with Crippen molar-refractivity contribution in [3.05, 3.63) is 59.9 Å². The predicted molar refractivity (Wildman–Crippen MR) is 106 cm³/mol. The van der Waals surface area contributed by atoms with Gasteiger partial charge in [-0.15, -0.1) is 0 Å². The van der Waals surface area contributed by atoms with E-state index in [4.69, 9.17) is 9.47 Å². The summed E-state index contributed by atoms with van der Waals surface area (Å²) in [7, 11) is 6.90. The Morgan fingerprint density at radius 1 is 1.04 bits per heavy atom. The van der Waals surface area contributed by atoms with Crippen LogP contribution in [-0.4, -0.2) is 68.1 Å². The lowest BCUT2D eigenvalue weighted by Gasteiger charge is -2.32. The number of amides is 1. The fourth-order valence-corrected chi connectivity index (χ4v) is 2.88. The predicted octanol–water partition coefficient (Wildman–Crippen LogP) is 2.40. The van der Waals surface area contributed by atoms with Crippen LogP contribution in [0.15, 0.2) is 48.8 Å². The second-order valence-electron chi connectivity index (χ2n) is 6.57. The topological polar surface area (TPSA) is 72.0 Å². The summed E-state index contributed by atoms with van der Waals surface area (Å²) in [5, 5.41) is 0. The maximum Gasteiger partial charge on any atom is 0.307 e. The van der Waals surface area contributed by atoms with E-state index in [2.05, 4.69) is 4.98 Å². The zero-order chi connectivity index (χ0) is 20.5. The monoisotopic (exact) mass is 385 g/mol. The molecule has 0 saturated heterocycles. The zero-order valence-electron chi connectivity index (χ0n) is 16.8. The molecule has 0 spiro atoms. The smallest absolute Gasteiger partial charge is 0.307 e. The Labute approximate surface area is 165 Å². The molecule has 0 fully saturated rings. The third-order valence-electron chi connectivity index (χ3n) is 4.55. The molecule has 1 amide bonds. The number of nitrogens with zero attached hydrogens (tertiary/aromatic N) is 3. The van der Waals surface area contributed by atoms with Crippen molar-refractivity contribution in [2.45, 2.75) is 12.5 Å². The highest BCUT2D eigenvalue weighted by molar-refractivity contribution is 5.94. The average Bonchev–Trinajstić information content (AvgIpc) is 2.73.